The Hall–Kier alpha value is -0.410. The first-order valence-electron chi connectivity index (χ1n) is 5.19. The first-order chi connectivity index (χ1) is 8.04. The molecule has 0 spiro atoms. The molecule has 0 fully saturated rings. The predicted molar refractivity (Wildman–Crippen MR) is 74.3 cm³/mol. The van der Waals surface area contributed by atoms with Gasteiger partial charge in [-0.05, 0) is 18.7 Å². The van der Waals surface area contributed by atoms with Crippen LogP contribution in [0.2, 0.25) is 10.0 Å². The van der Waals surface area contributed by atoms with Crippen molar-refractivity contribution in [3.8, 4) is 5.75 Å². The number of rotatable bonds is 6. The van der Waals surface area contributed by atoms with E-state index in [0.717, 1.165) is 12.1 Å². The van der Waals surface area contributed by atoms with E-state index in [9.17, 15) is 0 Å². The van der Waals surface area contributed by atoms with Crippen LogP contribution in [0.4, 0.5) is 0 Å². The number of benzene rings is 1. The van der Waals surface area contributed by atoms with E-state index < -0.39 is 0 Å². The van der Waals surface area contributed by atoms with Gasteiger partial charge in [0, 0.05) is 22.2 Å². The van der Waals surface area contributed by atoms with Gasteiger partial charge < -0.3 is 10.1 Å². The number of ether oxygens (including phenoxy) is 1. The number of nitrogens with one attached hydrogen (secondary N) is 1. The molecule has 2 nitrogen and oxygen atoms in total. The first-order valence-corrected chi connectivity index (χ1v) is 6.32. The Balaban J connectivity index is 2.93. The van der Waals surface area contributed by atoms with Gasteiger partial charge in [-0.1, -0.05) is 48.3 Å². The molecule has 1 aromatic carbocycles. The summed E-state index contributed by atoms with van der Waals surface area (Å²) in [6.45, 7) is 7.30. The Morgan fingerprint density at radius 2 is 2.12 bits per heavy atom. The lowest BCUT2D eigenvalue weighted by Gasteiger charge is -2.13. The summed E-state index contributed by atoms with van der Waals surface area (Å²) in [4.78, 5) is 0. The van der Waals surface area contributed by atoms with Gasteiger partial charge in [-0.15, -0.1) is 0 Å². The minimum Gasteiger partial charge on any atom is -0.486 e. The van der Waals surface area contributed by atoms with Gasteiger partial charge in [0.1, 0.15) is 12.4 Å². The average Bonchev–Trinajstić information content (AvgIpc) is 2.24. The van der Waals surface area contributed by atoms with Crippen LogP contribution in [0.3, 0.4) is 0 Å². The van der Waals surface area contributed by atoms with Crippen molar-refractivity contribution >= 4 is 34.8 Å². The third kappa shape index (κ3) is 4.76. The molecule has 1 aromatic rings. The van der Waals surface area contributed by atoms with Crippen LogP contribution in [0.5, 0.6) is 5.75 Å². The molecule has 0 aliphatic rings. The van der Waals surface area contributed by atoms with Crippen molar-refractivity contribution in [3.05, 3.63) is 39.4 Å². The zero-order valence-corrected chi connectivity index (χ0v) is 11.8. The van der Waals surface area contributed by atoms with Crippen LogP contribution >= 0.6 is 34.8 Å². The van der Waals surface area contributed by atoms with Crippen LogP contribution < -0.4 is 10.1 Å². The molecule has 94 valence electrons. The second kappa shape index (κ2) is 7.12. The molecule has 0 saturated carbocycles. The fourth-order valence-electron chi connectivity index (χ4n) is 1.32. The Kier molecular flexibility index (Phi) is 6.14. The summed E-state index contributed by atoms with van der Waals surface area (Å²) in [6.07, 6.45) is 0. The maximum absolute atomic E-state index is 6.09. The highest BCUT2D eigenvalue weighted by Crippen LogP contribution is 2.32. The molecule has 1 N–H and O–H groups in total. The Morgan fingerprint density at radius 3 is 2.71 bits per heavy atom. The molecule has 0 radical (unpaired) electrons. The molecule has 17 heavy (non-hydrogen) atoms. The Morgan fingerprint density at radius 1 is 1.41 bits per heavy atom. The van der Waals surface area contributed by atoms with Crippen LogP contribution in [-0.4, -0.2) is 13.2 Å². The highest BCUT2D eigenvalue weighted by Gasteiger charge is 2.10. The van der Waals surface area contributed by atoms with Crippen LogP contribution in [0.15, 0.2) is 23.7 Å². The maximum Gasteiger partial charge on any atom is 0.143 e. The van der Waals surface area contributed by atoms with Crippen molar-refractivity contribution in [3.63, 3.8) is 0 Å². The van der Waals surface area contributed by atoms with Gasteiger partial charge in [-0.2, -0.15) is 0 Å². The second-order valence-electron chi connectivity index (χ2n) is 3.46. The molecule has 0 heterocycles. The van der Waals surface area contributed by atoms with E-state index in [1.54, 1.807) is 6.07 Å². The fourth-order valence-corrected chi connectivity index (χ4v) is 1.96. The average molecular weight is 295 g/mol. The Labute approximate surface area is 117 Å². The van der Waals surface area contributed by atoms with Crippen LogP contribution in [0, 0.1) is 0 Å². The van der Waals surface area contributed by atoms with E-state index in [-0.39, 0.29) is 6.61 Å². The fraction of sp³-hybridized carbons (Fsp3) is 0.333. The first kappa shape index (κ1) is 14.7. The molecule has 0 atom stereocenters. The van der Waals surface area contributed by atoms with E-state index in [2.05, 4.69) is 11.9 Å². The SMILES string of the molecule is C=C(Cl)COc1c(Cl)cc(Cl)cc1CNCC. The minimum atomic E-state index is 0.224. The van der Waals surface area contributed by atoms with E-state index in [4.69, 9.17) is 39.5 Å². The summed E-state index contributed by atoms with van der Waals surface area (Å²) in [5, 5.41) is 4.67. The molecule has 0 aliphatic heterocycles. The number of hydrogen-bond donors (Lipinski definition) is 1. The second-order valence-corrected chi connectivity index (χ2v) is 4.84. The highest BCUT2D eigenvalue weighted by atomic mass is 35.5. The molecule has 0 aliphatic carbocycles. The van der Waals surface area contributed by atoms with E-state index >= 15 is 0 Å². The van der Waals surface area contributed by atoms with Gasteiger partial charge in [0.05, 0.1) is 5.02 Å². The van der Waals surface area contributed by atoms with E-state index in [1.165, 1.54) is 0 Å². The summed E-state index contributed by atoms with van der Waals surface area (Å²) in [5.74, 6) is 0.596. The number of hydrogen-bond acceptors (Lipinski definition) is 2. The lowest BCUT2D eigenvalue weighted by atomic mass is 10.2. The van der Waals surface area contributed by atoms with Crippen LogP contribution in [0.25, 0.3) is 0 Å². The molecule has 1 rings (SSSR count). The monoisotopic (exact) mass is 293 g/mol. The van der Waals surface area contributed by atoms with Crippen molar-refractivity contribution in [1.29, 1.82) is 0 Å². The summed E-state index contributed by atoms with van der Waals surface area (Å²) in [7, 11) is 0. The third-order valence-electron chi connectivity index (χ3n) is 2.02. The third-order valence-corrected chi connectivity index (χ3v) is 2.63. The topological polar surface area (TPSA) is 21.3 Å². The van der Waals surface area contributed by atoms with Crippen molar-refractivity contribution in [2.24, 2.45) is 0 Å². The molecule has 0 bridgehead atoms. The van der Waals surface area contributed by atoms with E-state index in [0.29, 0.717) is 27.4 Å². The van der Waals surface area contributed by atoms with Gasteiger partial charge in [0.25, 0.3) is 0 Å². The van der Waals surface area contributed by atoms with Gasteiger partial charge in [0.15, 0.2) is 0 Å². The molecule has 0 unspecified atom stereocenters. The summed E-state index contributed by atoms with van der Waals surface area (Å²) in [6, 6.07) is 3.47. The quantitative estimate of drug-likeness (QED) is 0.847. The van der Waals surface area contributed by atoms with Gasteiger partial charge in [0.2, 0.25) is 0 Å². The zero-order chi connectivity index (χ0) is 12.8. The molecule has 0 aromatic heterocycles. The van der Waals surface area contributed by atoms with E-state index in [1.807, 2.05) is 13.0 Å². The zero-order valence-electron chi connectivity index (χ0n) is 9.53. The van der Waals surface area contributed by atoms with Gasteiger partial charge >= 0.3 is 0 Å². The van der Waals surface area contributed by atoms with Crippen LogP contribution in [0.1, 0.15) is 12.5 Å². The van der Waals surface area contributed by atoms with Crippen molar-refractivity contribution < 1.29 is 4.74 Å². The van der Waals surface area contributed by atoms with Crippen molar-refractivity contribution in [2.45, 2.75) is 13.5 Å². The molecular weight excluding hydrogens is 280 g/mol. The van der Waals surface area contributed by atoms with Gasteiger partial charge in [-0.25, -0.2) is 0 Å². The lowest BCUT2D eigenvalue weighted by Crippen LogP contribution is -2.13. The largest absolute Gasteiger partial charge is 0.486 e. The van der Waals surface area contributed by atoms with Gasteiger partial charge in [-0.3, -0.25) is 0 Å². The maximum atomic E-state index is 6.09. The normalized spacial score (nSPS) is 10.4. The predicted octanol–water partition coefficient (Wildman–Crippen LogP) is 4.23. The summed E-state index contributed by atoms with van der Waals surface area (Å²) < 4.78 is 5.52. The lowest BCUT2D eigenvalue weighted by molar-refractivity contribution is 0.354. The smallest absolute Gasteiger partial charge is 0.143 e. The van der Waals surface area contributed by atoms with Crippen molar-refractivity contribution in [2.75, 3.05) is 13.2 Å². The molecule has 5 heteroatoms. The minimum absolute atomic E-state index is 0.224. The number of halogens is 3. The van der Waals surface area contributed by atoms with Crippen molar-refractivity contribution in [1.82, 2.24) is 5.32 Å². The Bertz CT molecular complexity index is 407. The molecule has 0 saturated heterocycles. The molecular formula is C12H14Cl3NO. The highest BCUT2D eigenvalue weighted by molar-refractivity contribution is 6.35. The summed E-state index contributed by atoms with van der Waals surface area (Å²) in [5.41, 5.74) is 0.905. The molecule has 0 amide bonds. The standard InChI is InChI=1S/C12H14Cl3NO/c1-3-16-6-9-4-10(14)5-11(15)12(9)17-7-8(2)13/h4-5,16H,2-3,6-7H2,1H3. The van der Waals surface area contributed by atoms with Crippen LogP contribution in [-0.2, 0) is 6.54 Å². The summed E-state index contributed by atoms with van der Waals surface area (Å²) >= 11 is 17.7.